The Bertz CT molecular complexity index is 490. The lowest BCUT2D eigenvalue weighted by Crippen LogP contribution is -2.31. The molecule has 0 radical (unpaired) electrons. The quantitative estimate of drug-likeness (QED) is 0.885. The number of carboxylic acid groups (broad SMARTS) is 1. The fourth-order valence-corrected chi connectivity index (χ4v) is 2.39. The highest BCUT2D eigenvalue weighted by atomic mass is 16.4. The van der Waals surface area contributed by atoms with Crippen molar-refractivity contribution < 1.29 is 14.7 Å². The Morgan fingerprint density at radius 1 is 1.47 bits per heavy atom. The highest BCUT2D eigenvalue weighted by Crippen LogP contribution is 2.31. The van der Waals surface area contributed by atoms with Crippen molar-refractivity contribution in [3.63, 3.8) is 0 Å². The van der Waals surface area contributed by atoms with Gasteiger partial charge in [0.05, 0.1) is 18.2 Å². The summed E-state index contributed by atoms with van der Waals surface area (Å²) >= 11 is 0. The van der Waals surface area contributed by atoms with Crippen LogP contribution in [0.25, 0.3) is 0 Å². The van der Waals surface area contributed by atoms with Crippen molar-refractivity contribution in [1.82, 2.24) is 14.9 Å². The Morgan fingerprint density at radius 3 is 2.95 bits per heavy atom. The maximum Gasteiger partial charge on any atom is 0.303 e. The summed E-state index contributed by atoms with van der Waals surface area (Å²) in [5, 5.41) is 8.63. The fourth-order valence-electron chi connectivity index (χ4n) is 2.39. The zero-order valence-corrected chi connectivity index (χ0v) is 10.9. The van der Waals surface area contributed by atoms with Gasteiger partial charge in [-0.3, -0.25) is 9.59 Å². The van der Waals surface area contributed by atoms with Gasteiger partial charge in [0.1, 0.15) is 5.82 Å². The average molecular weight is 263 g/mol. The van der Waals surface area contributed by atoms with Gasteiger partial charge in [0, 0.05) is 19.2 Å². The molecule has 1 saturated heterocycles. The third-order valence-electron chi connectivity index (χ3n) is 3.26. The van der Waals surface area contributed by atoms with Crippen LogP contribution in [0, 0.1) is 6.92 Å². The molecule has 0 bridgehead atoms. The number of hydrogen-bond donors (Lipinski definition) is 1. The Labute approximate surface area is 111 Å². The van der Waals surface area contributed by atoms with Crippen molar-refractivity contribution in [3.8, 4) is 0 Å². The Morgan fingerprint density at radius 2 is 2.26 bits per heavy atom. The number of hydrogen-bond acceptors (Lipinski definition) is 4. The van der Waals surface area contributed by atoms with Crippen LogP contribution in [-0.4, -0.2) is 38.4 Å². The number of likely N-dealkylation sites (tertiary alicyclic amines) is 1. The van der Waals surface area contributed by atoms with Crippen LogP contribution in [0.5, 0.6) is 0 Å². The van der Waals surface area contributed by atoms with Gasteiger partial charge in [-0.05, 0) is 25.8 Å². The molecule has 6 nitrogen and oxygen atoms in total. The molecule has 1 aromatic heterocycles. The fraction of sp³-hybridized carbons (Fsp3) is 0.538. The van der Waals surface area contributed by atoms with Crippen molar-refractivity contribution in [2.45, 2.75) is 38.6 Å². The summed E-state index contributed by atoms with van der Waals surface area (Å²) < 4.78 is 0. The van der Waals surface area contributed by atoms with E-state index in [4.69, 9.17) is 5.11 Å². The second kappa shape index (κ2) is 5.77. The molecule has 19 heavy (non-hydrogen) atoms. The lowest BCUT2D eigenvalue weighted by atomic mass is 10.1. The minimum Gasteiger partial charge on any atom is -0.481 e. The summed E-state index contributed by atoms with van der Waals surface area (Å²) in [5.41, 5.74) is 0.841. The predicted octanol–water partition coefficient (Wildman–Crippen LogP) is 1.31. The molecular formula is C13H17N3O3. The van der Waals surface area contributed by atoms with Gasteiger partial charge >= 0.3 is 5.97 Å². The zero-order valence-electron chi connectivity index (χ0n) is 10.9. The number of nitrogens with zero attached hydrogens (tertiary/aromatic N) is 3. The van der Waals surface area contributed by atoms with E-state index in [1.54, 1.807) is 11.1 Å². The second-order valence-corrected chi connectivity index (χ2v) is 4.67. The minimum absolute atomic E-state index is 0.0389. The van der Waals surface area contributed by atoms with Crippen LogP contribution < -0.4 is 0 Å². The summed E-state index contributed by atoms with van der Waals surface area (Å²) in [6.07, 6.45) is 3.42. The van der Waals surface area contributed by atoms with Crippen LogP contribution in [-0.2, 0) is 9.59 Å². The number of aliphatic carboxylic acids is 1. The van der Waals surface area contributed by atoms with Crippen molar-refractivity contribution in [3.05, 3.63) is 23.8 Å². The number of carbonyl (C=O) groups excluding carboxylic acids is 1. The molecule has 1 atom stereocenters. The molecule has 0 aromatic carbocycles. The van der Waals surface area contributed by atoms with E-state index in [0.717, 1.165) is 18.5 Å². The summed E-state index contributed by atoms with van der Waals surface area (Å²) in [6, 6.07) is 1.78. The SMILES string of the molecule is Cc1nccc([C@@H]2CCCN2C(=O)CCC(=O)O)n1. The van der Waals surface area contributed by atoms with E-state index in [-0.39, 0.29) is 24.8 Å². The van der Waals surface area contributed by atoms with Gasteiger partial charge in [-0.15, -0.1) is 0 Å². The van der Waals surface area contributed by atoms with E-state index in [1.165, 1.54) is 0 Å². The Hall–Kier alpha value is -1.98. The first-order valence-corrected chi connectivity index (χ1v) is 6.38. The molecule has 2 heterocycles. The van der Waals surface area contributed by atoms with E-state index in [2.05, 4.69) is 9.97 Å². The molecule has 102 valence electrons. The Balaban J connectivity index is 2.08. The van der Waals surface area contributed by atoms with Crippen molar-refractivity contribution >= 4 is 11.9 Å². The van der Waals surface area contributed by atoms with Crippen molar-refractivity contribution in [1.29, 1.82) is 0 Å². The second-order valence-electron chi connectivity index (χ2n) is 4.67. The van der Waals surface area contributed by atoms with E-state index >= 15 is 0 Å². The molecule has 1 fully saturated rings. The van der Waals surface area contributed by atoms with E-state index in [9.17, 15) is 9.59 Å². The third kappa shape index (κ3) is 3.27. The van der Waals surface area contributed by atoms with Crippen LogP contribution >= 0.6 is 0 Å². The highest BCUT2D eigenvalue weighted by Gasteiger charge is 2.30. The van der Waals surface area contributed by atoms with Gasteiger partial charge in [0.15, 0.2) is 0 Å². The predicted molar refractivity (Wildman–Crippen MR) is 67.3 cm³/mol. The molecular weight excluding hydrogens is 246 g/mol. The molecule has 0 saturated carbocycles. The maximum absolute atomic E-state index is 12.0. The van der Waals surface area contributed by atoms with Gasteiger partial charge in [-0.2, -0.15) is 0 Å². The lowest BCUT2D eigenvalue weighted by Gasteiger charge is -2.24. The number of amides is 1. The number of carbonyl (C=O) groups is 2. The van der Waals surface area contributed by atoms with E-state index in [1.807, 2.05) is 13.0 Å². The van der Waals surface area contributed by atoms with Gasteiger partial charge in [-0.25, -0.2) is 9.97 Å². The molecule has 0 unspecified atom stereocenters. The normalized spacial score (nSPS) is 18.6. The third-order valence-corrected chi connectivity index (χ3v) is 3.26. The number of rotatable bonds is 4. The number of aromatic nitrogens is 2. The monoisotopic (exact) mass is 263 g/mol. The van der Waals surface area contributed by atoms with Crippen LogP contribution in [0.15, 0.2) is 12.3 Å². The molecule has 1 amide bonds. The van der Waals surface area contributed by atoms with E-state index < -0.39 is 5.97 Å². The lowest BCUT2D eigenvalue weighted by molar-refractivity contribution is -0.141. The van der Waals surface area contributed by atoms with Gasteiger partial charge in [0.2, 0.25) is 5.91 Å². The van der Waals surface area contributed by atoms with Crippen molar-refractivity contribution in [2.75, 3.05) is 6.54 Å². The van der Waals surface area contributed by atoms with Gasteiger partial charge < -0.3 is 10.0 Å². The first kappa shape index (κ1) is 13.5. The number of carboxylic acids is 1. The maximum atomic E-state index is 12.0. The van der Waals surface area contributed by atoms with Crippen molar-refractivity contribution in [2.24, 2.45) is 0 Å². The standard InChI is InChI=1S/C13H17N3O3/c1-9-14-7-6-10(15-9)11-3-2-8-16(11)12(17)4-5-13(18)19/h6-7,11H,2-5,8H2,1H3,(H,18,19)/t11-/m0/s1. The largest absolute Gasteiger partial charge is 0.481 e. The summed E-state index contributed by atoms with van der Waals surface area (Å²) in [4.78, 5) is 32.7. The van der Waals surface area contributed by atoms with Gasteiger partial charge in [0.25, 0.3) is 0 Å². The van der Waals surface area contributed by atoms with Gasteiger partial charge in [-0.1, -0.05) is 0 Å². The molecule has 1 aliphatic rings. The van der Waals surface area contributed by atoms with Crippen LogP contribution in [0.3, 0.4) is 0 Å². The first-order valence-electron chi connectivity index (χ1n) is 6.38. The van der Waals surface area contributed by atoms with E-state index in [0.29, 0.717) is 12.4 Å². The molecule has 0 spiro atoms. The molecule has 0 aliphatic carbocycles. The summed E-state index contributed by atoms with van der Waals surface area (Å²) in [7, 11) is 0. The first-order chi connectivity index (χ1) is 9.08. The van der Waals surface area contributed by atoms with Crippen LogP contribution in [0.4, 0.5) is 0 Å². The number of aryl methyl sites for hydroxylation is 1. The summed E-state index contributed by atoms with van der Waals surface area (Å²) in [5.74, 6) is -0.370. The Kier molecular flexibility index (Phi) is 4.09. The topological polar surface area (TPSA) is 83.4 Å². The minimum atomic E-state index is -0.943. The highest BCUT2D eigenvalue weighted by molar-refractivity contribution is 5.81. The zero-order chi connectivity index (χ0) is 13.8. The molecule has 6 heteroatoms. The smallest absolute Gasteiger partial charge is 0.303 e. The molecule has 1 N–H and O–H groups in total. The average Bonchev–Trinajstić information content (AvgIpc) is 2.85. The molecule has 1 aliphatic heterocycles. The summed E-state index contributed by atoms with van der Waals surface area (Å²) in [6.45, 7) is 2.49. The van der Waals surface area contributed by atoms with Crippen LogP contribution in [0.1, 0.15) is 43.2 Å². The molecule has 1 aromatic rings. The molecule has 2 rings (SSSR count). The van der Waals surface area contributed by atoms with Crippen LogP contribution in [0.2, 0.25) is 0 Å².